The highest BCUT2D eigenvalue weighted by Crippen LogP contribution is 2.26. The minimum atomic E-state index is -3.52. The van der Waals surface area contributed by atoms with E-state index in [1.54, 1.807) is 13.8 Å². The first-order valence-corrected chi connectivity index (χ1v) is 7.85. The molecule has 0 bridgehead atoms. The summed E-state index contributed by atoms with van der Waals surface area (Å²) in [6.45, 7) is 5.37. The first-order valence-electron chi connectivity index (χ1n) is 6.37. The highest BCUT2D eigenvalue weighted by Gasteiger charge is 2.30. The van der Waals surface area contributed by atoms with Crippen molar-refractivity contribution in [3.05, 3.63) is 11.5 Å². The molecule has 0 amide bonds. The molecule has 0 saturated heterocycles. The van der Waals surface area contributed by atoms with Crippen LogP contribution < -0.4 is 4.72 Å². The van der Waals surface area contributed by atoms with Crippen LogP contribution in [0.25, 0.3) is 0 Å². The molecule has 1 N–H and O–H groups in total. The molecule has 1 aromatic rings. The molecule has 0 radical (unpaired) electrons. The number of aryl methyl sites for hydroxylation is 2. The van der Waals surface area contributed by atoms with Gasteiger partial charge in [-0.1, -0.05) is 24.9 Å². The van der Waals surface area contributed by atoms with Crippen molar-refractivity contribution in [2.24, 2.45) is 5.92 Å². The Morgan fingerprint density at radius 2 is 1.94 bits per heavy atom. The van der Waals surface area contributed by atoms with Crippen LogP contribution in [0, 0.1) is 19.8 Å². The number of sulfonamides is 1. The van der Waals surface area contributed by atoms with E-state index >= 15 is 0 Å². The van der Waals surface area contributed by atoms with Gasteiger partial charge in [0, 0.05) is 6.04 Å². The SMILES string of the molecule is Cc1noc(C)c1S(=O)(=O)N[C@H]1CCCC[C@@H]1C. The van der Waals surface area contributed by atoms with E-state index in [1.807, 2.05) is 0 Å². The van der Waals surface area contributed by atoms with E-state index in [0.717, 1.165) is 19.3 Å². The van der Waals surface area contributed by atoms with Crippen molar-refractivity contribution in [1.82, 2.24) is 9.88 Å². The number of hydrogen-bond donors (Lipinski definition) is 1. The Morgan fingerprint density at radius 3 is 2.50 bits per heavy atom. The first kappa shape index (κ1) is 13.5. The van der Waals surface area contributed by atoms with Crippen LogP contribution in [0.3, 0.4) is 0 Å². The fourth-order valence-electron chi connectivity index (χ4n) is 2.61. The number of nitrogens with zero attached hydrogens (tertiary/aromatic N) is 1. The molecule has 102 valence electrons. The zero-order valence-corrected chi connectivity index (χ0v) is 11.9. The summed E-state index contributed by atoms with van der Waals surface area (Å²) in [5, 5.41) is 3.70. The Hall–Kier alpha value is -0.880. The fourth-order valence-corrected chi connectivity index (χ4v) is 4.32. The van der Waals surface area contributed by atoms with Crippen LogP contribution in [-0.4, -0.2) is 19.6 Å². The van der Waals surface area contributed by atoms with E-state index < -0.39 is 10.0 Å². The summed E-state index contributed by atoms with van der Waals surface area (Å²) in [4.78, 5) is 0.195. The highest BCUT2D eigenvalue weighted by molar-refractivity contribution is 7.89. The van der Waals surface area contributed by atoms with Gasteiger partial charge in [-0.3, -0.25) is 0 Å². The topological polar surface area (TPSA) is 72.2 Å². The molecule has 1 heterocycles. The van der Waals surface area contributed by atoms with Crippen LogP contribution in [-0.2, 0) is 10.0 Å². The minimum Gasteiger partial charge on any atom is -0.360 e. The van der Waals surface area contributed by atoms with Gasteiger partial charge in [-0.15, -0.1) is 0 Å². The Labute approximate surface area is 108 Å². The van der Waals surface area contributed by atoms with Crippen LogP contribution in [0.5, 0.6) is 0 Å². The van der Waals surface area contributed by atoms with Crippen molar-refractivity contribution in [1.29, 1.82) is 0 Å². The molecule has 0 aliphatic heterocycles. The van der Waals surface area contributed by atoms with Crippen molar-refractivity contribution >= 4 is 10.0 Å². The molecule has 0 spiro atoms. The summed E-state index contributed by atoms with van der Waals surface area (Å²) in [5.41, 5.74) is 0.420. The normalized spacial score (nSPS) is 25.3. The van der Waals surface area contributed by atoms with Gasteiger partial charge >= 0.3 is 0 Å². The average Bonchev–Trinajstić information content (AvgIpc) is 2.62. The Morgan fingerprint density at radius 1 is 1.28 bits per heavy atom. The third-order valence-corrected chi connectivity index (χ3v) is 5.39. The third kappa shape index (κ3) is 2.59. The molecule has 2 rings (SSSR count). The molecule has 1 saturated carbocycles. The quantitative estimate of drug-likeness (QED) is 0.915. The number of nitrogens with one attached hydrogen (secondary N) is 1. The van der Waals surface area contributed by atoms with Crippen molar-refractivity contribution in [2.75, 3.05) is 0 Å². The standard InChI is InChI=1S/C12H20N2O3S/c1-8-6-4-5-7-11(8)14-18(15,16)12-9(2)13-17-10(12)3/h8,11,14H,4-7H2,1-3H3/t8-,11-/m0/s1. The summed E-state index contributed by atoms with van der Waals surface area (Å²) in [5.74, 6) is 0.734. The van der Waals surface area contributed by atoms with E-state index in [9.17, 15) is 8.42 Å². The van der Waals surface area contributed by atoms with Crippen LogP contribution in [0.4, 0.5) is 0 Å². The van der Waals surface area contributed by atoms with Crippen molar-refractivity contribution in [2.45, 2.75) is 57.4 Å². The van der Waals surface area contributed by atoms with Crippen molar-refractivity contribution in [3.63, 3.8) is 0 Å². The average molecular weight is 272 g/mol. The lowest BCUT2D eigenvalue weighted by atomic mass is 9.87. The van der Waals surface area contributed by atoms with Crippen LogP contribution in [0.2, 0.25) is 0 Å². The highest BCUT2D eigenvalue weighted by atomic mass is 32.2. The smallest absolute Gasteiger partial charge is 0.246 e. The van der Waals surface area contributed by atoms with E-state index in [-0.39, 0.29) is 10.9 Å². The summed E-state index contributed by atoms with van der Waals surface area (Å²) in [6.07, 6.45) is 4.25. The molecule has 5 nitrogen and oxygen atoms in total. The fraction of sp³-hybridized carbons (Fsp3) is 0.750. The first-order chi connectivity index (χ1) is 8.42. The molecule has 1 aliphatic rings. The van der Waals surface area contributed by atoms with Gasteiger partial charge in [-0.2, -0.15) is 0 Å². The predicted octanol–water partition coefficient (Wildman–Crippen LogP) is 2.15. The van der Waals surface area contributed by atoms with Gasteiger partial charge in [0.2, 0.25) is 10.0 Å². The molecule has 0 unspecified atom stereocenters. The molecule has 2 atom stereocenters. The van der Waals surface area contributed by atoms with Gasteiger partial charge in [0.1, 0.15) is 10.6 Å². The second-order valence-electron chi connectivity index (χ2n) is 5.14. The van der Waals surface area contributed by atoms with Crippen LogP contribution >= 0.6 is 0 Å². The van der Waals surface area contributed by atoms with Gasteiger partial charge in [-0.25, -0.2) is 13.1 Å². The van der Waals surface area contributed by atoms with Gasteiger partial charge < -0.3 is 4.52 Å². The second-order valence-corrected chi connectivity index (χ2v) is 6.79. The maximum absolute atomic E-state index is 12.3. The van der Waals surface area contributed by atoms with E-state index in [1.165, 1.54) is 6.42 Å². The molecule has 18 heavy (non-hydrogen) atoms. The zero-order valence-electron chi connectivity index (χ0n) is 11.1. The van der Waals surface area contributed by atoms with Crippen molar-refractivity contribution in [3.8, 4) is 0 Å². The Bertz CT molecular complexity index is 502. The van der Waals surface area contributed by atoms with E-state index in [0.29, 0.717) is 17.4 Å². The second kappa shape index (κ2) is 5.01. The van der Waals surface area contributed by atoms with Crippen molar-refractivity contribution < 1.29 is 12.9 Å². The summed E-state index contributed by atoms with van der Waals surface area (Å²) in [6, 6.07) is 0.0254. The molecular weight excluding hydrogens is 252 g/mol. The van der Waals surface area contributed by atoms with E-state index in [4.69, 9.17) is 4.52 Å². The molecular formula is C12H20N2O3S. The predicted molar refractivity (Wildman–Crippen MR) is 67.7 cm³/mol. The number of hydrogen-bond acceptors (Lipinski definition) is 4. The lowest BCUT2D eigenvalue weighted by Crippen LogP contribution is -2.41. The lowest BCUT2D eigenvalue weighted by Gasteiger charge is -2.29. The summed E-state index contributed by atoms with van der Waals surface area (Å²) < 4.78 is 32.4. The van der Waals surface area contributed by atoms with Gasteiger partial charge in [0.15, 0.2) is 5.76 Å². The third-order valence-electron chi connectivity index (χ3n) is 3.65. The molecule has 1 aliphatic carbocycles. The Kier molecular flexibility index (Phi) is 3.77. The van der Waals surface area contributed by atoms with E-state index in [2.05, 4.69) is 16.8 Å². The molecule has 6 heteroatoms. The summed E-state index contributed by atoms with van der Waals surface area (Å²) in [7, 11) is -3.52. The molecule has 1 fully saturated rings. The Balaban J connectivity index is 2.22. The largest absolute Gasteiger partial charge is 0.360 e. The maximum Gasteiger partial charge on any atom is 0.246 e. The van der Waals surface area contributed by atoms with Gasteiger partial charge in [0.25, 0.3) is 0 Å². The molecule has 0 aromatic carbocycles. The zero-order chi connectivity index (χ0) is 13.3. The van der Waals surface area contributed by atoms with Crippen LogP contribution in [0.15, 0.2) is 9.42 Å². The lowest BCUT2D eigenvalue weighted by molar-refractivity contribution is 0.310. The maximum atomic E-state index is 12.3. The van der Waals surface area contributed by atoms with Crippen LogP contribution in [0.1, 0.15) is 44.1 Å². The monoisotopic (exact) mass is 272 g/mol. The molecule has 1 aromatic heterocycles. The minimum absolute atomic E-state index is 0.0254. The van der Waals surface area contributed by atoms with Gasteiger partial charge in [-0.05, 0) is 32.6 Å². The summed E-state index contributed by atoms with van der Waals surface area (Å²) >= 11 is 0. The van der Waals surface area contributed by atoms with Gasteiger partial charge in [0.05, 0.1) is 0 Å². The number of aromatic nitrogens is 1. The number of rotatable bonds is 3.